The average Bonchev–Trinajstić information content (AvgIpc) is 2.80. The van der Waals surface area contributed by atoms with Gasteiger partial charge in [0.1, 0.15) is 18.9 Å². The molecule has 18 heavy (non-hydrogen) atoms. The maximum absolute atomic E-state index is 12.0. The summed E-state index contributed by atoms with van der Waals surface area (Å²) in [6.45, 7) is -0.0469. The second kappa shape index (κ2) is 5.17. The van der Waals surface area contributed by atoms with E-state index in [1.807, 2.05) is 0 Å². The summed E-state index contributed by atoms with van der Waals surface area (Å²) in [5.41, 5.74) is 0.318. The average molecular weight is 281 g/mol. The summed E-state index contributed by atoms with van der Waals surface area (Å²) >= 11 is 11.7. The van der Waals surface area contributed by atoms with Crippen LogP contribution in [-0.4, -0.2) is 20.5 Å². The van der Waals surface area contributed by atoms with Crippen LogP contribution >= 0.6 is 23.2 Å². The summed E-state index contributed by atoms with van der Waals surface area (Å²) in [5, 5.41) is 13.1. The first-order valence-electron chi connectivity index (χ1n) is 4.88. The van der Waals surface area contributed by atoms with E-state index in [1.54, 1.807) is 18.2 Å². The molecule has 0 amide bonds. The highest BCUT2D eigenvalue weighted by atomic mass is 35.5. The summed E-state index contributed by atoms with van der Waals surface area (Å²) in [4.78, 5) is 15.7. The maximum Gasteiger partial charge on any atom is 0.252 e. The Kier molecular flexibility index (Phi) is 3.60. The molecule has 1 heterocycles. The lowest BCUT2D eigenvalue weighted by molar-refractivity contribution is 0.0967. The number of hydrogen-bond donors (Lipinski definition) is 0. The van der Waals surface area contributed by atoms with Crippen molar-refractivity contribution in [1.29, 1.82) is 5.26 Å². The van der Waals surface area contributed by atoms with Crippen molar-refractivity contribution in [2.24, 2.45) is 0 Å². The molecule has 0 atom stereocenters. The quantitative estimate of drug-likeness (QED) is 0.809. The van der Waals surface area contributed by atoms with Crippen molar-refractivity contribution in [3.8, 4) is 6.07 Å². The molecule has 7 heteroatoms. The lowest BCUT2D eigenvalue weighted by Crippen LogP contribution is -2.11. The summed E-state index contributed by atoms with van der Waals surface area (Å²) in [6.07, 6.45) is 1.31. The Morgan fingerprint density at radius 3 is 2.89 bits per heavy atom. The molecule has 0 bridgehead atoms. The zero-order valence-electron chi connectivity index (χ0n) is 8.97. The number of nitriles is 1. The largest absolute Gasteiger partial charge is 0.292 e. The van der Waals surface area contributed by atoms with Gasteiger partial charge in [-0.15, -0.1) is 5.10 Å². The van der Waals surface area contributed by atoms with Crippen LogP contribution in [0.5, 0.6) is 0 Å². The molecule has 1 aromatic carbocycles. The first-order valence-corrected chi connectivity index (χ1v) is 5.63. The minimum atomic E-state index is -0.253. The Morgan fingerprint density at radius 2 is 2.22 bits per heavy atom. The third-order valence-corrected chi connectivity index (χ3v) is 2.74. The molecule has 0 unspecified atom stereocenters. The predicted octanol–water partition coefficient (Wildman–Crippen LogP) is 2.34. The van der Waals surface area contributed by atoms with Gasteiger partial charge < -0.3 is 0 Å². The molecule has 0 fully saturated rings. The molecular weight excluding hydrogens is 275 g/mol. The number of Topliss-reactive ketones (excluding diaryl/α,β-unsaturated/α-hetero) is 1. The van der Waals surface area contributed by atoms with E-state index in [0.29, 0.717) is 15.6 Å². The minimum Gasteiger partial charge on any atom is -0.292 e. The second-order valence-electron chi connectivity index (χ2n) is 3.42. The highest BCUT2D eigenvalue weighted by Crippen LogP contribution is 2.21. The highest BCUT2D eigenvalue weighted by molar-refractivity contribution is 6.35. The van der Waals surface area contributed by atoms with E-state index in [-0.39, 0.29) is 18.2 Å². The van der Waals surface area contributed by atoms with Crippen molar-refractivity contribution in [1.82, 2.24) is 14.8 Å². The molecule has 90 valence electrons. The van der Waals surface area contributed by atoms with Crippen LogP contribution in [0.1, 0.15) is 16.2 Å². The van der Waals surface area contributed by atoms with Crippen LogP contribution in [0.3, 0.4) is 0 Å². The standard InChI is InChI=1S/C11H6Cl2N4O/c12-7-1-2-9(13)8(3-7)10(18)5-17-6-15-11(4-14)16-17/h1-3,6H,5H2. The van der Waals surface area contributed by atoms with Gasteiger partial charge in [-0.3, -0.25) is 4.79 Å². The van der Waals surface area contributed by atoms with E-state index in [4.69, 9.17) is 28.5 Å². The lowest BCUT2D eigenvalue weighted by Gasteiger charge is -2.03. The van der Waals surface area contributed by atoms with Crippen LogP contribution in [0.15, 0.2) is 24.5 Å². The molecule has 0 N–H and O–H groups in total. The Morgan fingerprint density at radius 1 is 1.44 bits per heavy atom. The summed E-state index contributed by atoms with van der Waals surface area (Å²) in [5.74, 6) is -0.239. The van der Waals surface area contributed by atoms with Crippen molar-refractivity contribution < 1.29 is 4.79 Å². The molecule has 1 aromatic heterocycles. The van der Waals surface area contributed by atoms with E-state index >= 15 is 0 Å². The van der Waals surface area contributed by atoms with Crippen molar-refractivity contribution in [2.45, 2.75) is 6.54 Å². The molecule has 0 radical (unpaired) electrons. The van der Waals surface area contributed by atoms with E-state index in [2.05, 4.69) is 10.1 Å². The molecule has 0 aliphatic carbocycles. The normalized spacial score (nSPS) is 10.1. The van der Waals surface area contributed by atoms with Gasteiger partial charge in [-0.25, -0.2) is 9.67 Å². The van der Waals surface area contributed by atoms with Crippen LogP contribution in [0.4, 0.5) is 0 Å². The Hall–Kier alpha value is -1.90. The van der Waals surface area contributed by atoms with Gasteiger partial charge in [0.25, 0.3) is 5.82 Å². The van der Waals surface area contributed by atoms with Gasteiger partial charge in [0.15, 0.2) is 5.78 Å². The predicted molar refractivity (Wildman–Crippen MR) is 65.5 cm³/mol. The van der Waals surface area contributed by atoms with Gasteiger partial charge in [-0.2, -0.15) is 5.26 Å². The fourth-order valence-corrected chi connectivity index (χ4v) is 1.76. The molecule has 2 aromatic rings. The van der Waals surface area contributed by atoms with Crippen molar-refractivity contribution >= 4 is 29.0 Å². The highest BCUT2D eigenvalue weighted by Gasteiger charge is 2.12. The topological polar surface area (TPSA) is 71.6 Å². The SMILES string of the molecule is N#Cc1ncn(CC(=O)c2cc(Cl)ccc2Cl)n1. The molecular formula is C11H6Cl2N4O. The van der Waals surface area contributed by atoms with E-state index in [9.17, 15) is 4.79 Å². The fraction of sp³-hybridized carbons (Fsp3) is 0.0909. The zero-order chi connectivity index (χ0) is 13.1. The van der Waals surface area contributed by atoms with Crippen LogP contribution in [0, 0.1) is 11.3 Å². The van der Waals surface area contributed by atoms with Crippen LogP contribution in [0.2, 0.25) is 10.0 Å². The van der Waals surface area contributed by atoms with Gasteiger partial charge >= 0.3 is 0 Å². The van der Waals surface area contributed by atoms with Crippen molar-refractivity contribution in [3.63, 3.8) is 0 Å². The molecule has 0 aliphatic rings. The van der Waals surface area contributed by atoms with Crippen LogP contribution in [-0.2, 0) is 6.54 Å². The maximum atomic E-state index is 12.0. The Labute approximate surface area is 113 Å². The summed E-state index contributed by atoms with van der Waals surface area (Å²) in [7, 11) is 0. The molecule has 0 spiro atoms. The summed E-state index contributed by atoms with van der Waals surface area (Å²) in [6, 6.07) is 6.43. The number of rotatable bonds is 3. The fourth-order valence-electron chi connectivity index (χ4n) is 1.37. The Balaban J connectivity index is 2.22. The van der Waals surface area contributed by atoms with Crippen molar-refractivity contribution in [3.05, 3.63) is 46.0 Å². The zero-order valence-corrected chi connectivity index (χ0v) is 10.5. The van der Waals surface area contributed by atoms with Crippen molar-refractivity contribution in [2.75, 3.05) is 0 Å². The minimum absolute atomic E-state index is 0.0139. The molecule has 2 rings (SSSR count). The number of carbonyl (C=O) groups is 1. The first kappa shape index (κ1) is 12.6. The lowest BCUT2D eigenvalue weighted by atomic mass is 10.1. The van der Waals surface area contributed by atoms with E-state index in [1.165, 1.54) is 17.1 Å². The van der Waals surface area contributed by atoms with E-state index in [0.717, 1.165) is 0 Å². The van der Waals surface area contributed by atoms with Gasteiger partial charge in [0, 0.05) is 10.6 Å². The number of carbonyl (C=O) groups excluding carboxylic acids is 1. The van der Waals surface area contributed by atoms with Gasteiger partial charge in [0.05, 0.1) is 5.02 Å². The number of ketones is 1. The smallest absolute Gasteiger partial charge is 0.252 e. The number of aromatic nitrogens is 3. The second-order valence-corrected chi connectivity index (χ2v) is 4.27. The van der Waals surface area contributed by atoms with Crippen LogP contribution in [0.25, 0.3) is 0 Å². The third kappa shape index (κ3) is 2.67. The first-order chi connectivity index (χ1) is 8.60. The third-order valence-electron chi connectivity index (χ3n) is 2.17. The van der Waals surface area contributed by atoms with Crippen LogP contribution < -0.4 is 0 Å². The molecule has 0 saturated heterocycles. The van der Waals surface area contributed by atoms with Gasteiger partial charge in [0.2, 0.25) is 0 Å². The summed E-state index contributed by atoms with van der Waals surface area (Å²) < 4.78 is 1.28. The number of hydrogen-bond acceptors (Lipinski definition) is 4. The number of halogens is 2. The van der Waals surface area contributed by atoms with Gasteiger partial charge in [-0.05, 0) is 18.2 Å². The molecule has 5 nitrogen and oxygen atoms in total. The molecule has 0 saturated carbocycles. The van der Waals surface area contributed by atoms with E-state index < -0.39 is 0 Å². The number of nitrogens with zero attached hydrogens (tertiary/aromatic N) is 4. The number of benzene rings is 1. The Bertz CT molecular complexity index is 645. The molecule has 0 aliphatic heterocycles. The monoisotopic (exact) mass is 280 g/mol. The van der Waals surface area contributed by atoms with Gasteiger partial charge in [-0.1, -0.05) is 23.2 Å².